The third kappa shape index (κ3) is 11.7. The van der Waals surface area contributed by atoms with E-state index in [-0.39, 0.29) is 37.4 Å². The van der Waals surface area contributed by atoms with Crippen molar-refractivity contribution in [1.29, 1.82) is 0 Å². The van der Waals surface area contributed by atoms with Gasteiger partial charge in [-0.05, 0) is 36.5 Å². The molecule has 0 aliphatic heterocycles. The summed E-state index contributed by atoms with van der Waals surface area (Å²) in [4.78, 5) is 72.2. The fourth-order valence-electron chi connectivity index (χ4n) is 3.43. The fourth-order valence-corrected chi connectivity index (χ4v) is 3.43. The van der Waals surface area contributed by atoms with E-state index in [0.717, 1.165) is 0 Å². The summed E-state index contributed by atoms with van der Waals surface area (Å²) >= 11 is 0. The lowest BCUT2D eigenvalue weighted by Crippen LogP contribution is -2.58. The number of phenolic OH excluding ortho intramolecular Hbond substituents is 1. The molecule has 1 rings (SSSR count). The average molecular weight is 538 g/mol. The third-order valence-electron chi connectivity index (χ3n) is 5.37. The SMILES string of the molecule is CC(C)CC(NC(=O)C(N)CC(=O)O)C(=O)NC(Cc1ccc(O)cc1)C(=O)NC(CCC(N)=O)C(=O)O. The Bertz CT molecular complexity index is 1010. The van der Waals surface area contributed by atoms with E-state index in [0.29, 0.717) is 5.56 Å². The molecule has 0 heterocycles. The number of carbonyl (C=O) groups is 6. The van der Waals surface area contributed by atoms with Crippen molar-refractivity contribution in [2.75, 3.05) is 0 Å². The van der Waals surface area contributed by atoms with Crippen LogP contribution >= 0.6 is 0 Å². The van der Waals surface area contributed by atoms with Gasteiger partial charge in [0.05, 0.1) is 12.5 Å². The van der Waals surface area contributed by atoms with Crippen molar-refractivity contribution >= 4 is 35.6 Å². The Morgan fingerprint density at radius 3 is 1.87 bits per heavy atom. The Morgan fingerprint density at radius 1 is 0.842 bits per heavy atom. The number of benzene rings is 1. The zero-order chi connectivity index (χ0) is 29.0. The minimum atomic E-state index is -1.46. The van der Waals surface area contributed by atoms with Crippen LogP contribution in [-0.2, 0) is 35.2 Å². The van der Waals surface area contributed by atoms with Gasteiger partial charge in [-0.1, -0.05) is 26.0 Å². The van der Waals surface area contributed by atoms with E-state index in [2.05, 4.69) is 16.0 Å². The molecule has 14 heteroatoms. The van der Waals surface area contributed by atoms with E-state index >= 15 is 0 Å². The Labute approximate surface area is 219 Å². The number of aliphatic carboxylic acids is 2. The number of carboxylic acids is 2. The number of aromatic hydroxyl groups is 1. The highest BCUT2D eigenvalue weighted by Gasteiger charge is 2.31. The molecule has 0 spiro atoms. The number of carboxylic acid groups (broad SMARTS) is 2. The lowest BCUT2D eigenvalue weighted by Gasteiger charge is -2.26. The molecule has 4 amide bonds. The highest BCUT2D eigenvalue weighted by molar-refractivity contribution is 5.95. The molecule has 14 nitrogen and oxygen atoms in total. The molecular formula is C24H35N5O9. The van der Waals surface area contributed by atoms with Gasteiger partial charge in [0, 0.05) is 12.8 Å². The minimum absolute atomic E-state index is 0.0337. The van der Waals surface area contributed by atoms with Crippen molar-refractivity contribution in [2.24, 2.45) is 17.4 Å². The van der Waals surface area contributed by atoms with E-state index in [9.17, 15) is 39.0 Å². The number of carbonyl (C=O) groups excluding carboxylic acids is 4. The number of primary amides is 1. The first-order valence-electron chi connectivity index (χ1n) is 11.9. The maximum atomic E-state index is 13.2. The van der Waals surface area contributed by atoms with Crippen LogP contribution in [0.25, 0.3) is 0 Å². The molecule has 0 bridgehead atoms. The molecule has 4 atom stereocenters. The van der Waals surface area contributed by atoms with Gasteiger partial charge < -0.3 is 42.7 Å². The molecular weight excluding hydrogens is 502 g/mol. The van der Waals surface area contributed by atoms with Gasteiger partial charge >= 0.3 is 11.9 Å². The lowest BCUT2D eigenvalue weighted by molar-refractivity contribution is -0.142. The van der Waals surface area contributed by atoms with Crippen LogP contribution in [0.1, 0.15) is 45.1 Å². The number of nitrogens with one attached hydrogen (secondary N) is 3. The van der Waals surface area contributed by atoms with Gasteiger partial charge in [0.2, 0.25) is 23.6 Å². The summed E-state index contributed by atoms with van der Waals surface area (Å²) < 4.78 is 0. The number of rotatable bonds is 16. The minimum Gasteiger partial charge on any atom is -0.508 e. The van der Waals surface area contributed by atoms with Crippen molar-refractivity contribution in [3.63, 3.8) is 0 Å². The number of hydrogen-bond acceptors (Lipinski definition) is 8. The molecule has 0 aliphatic carbocycles. The van der Waals surface area contributed by atoms with Crippen molar-refractivity contribution in [3.8, 4) is 5.75 Å². The topological polar surface area (TPSA) is 251 Å². The quantitative estimate of drug-likeness (QED) is 0.122. The second-order valence-corrected chi connectivity index (χ2v) is 9.23. The Hall–Kier alpha value is -4.20. The number of nitrogens with two attached hydrogens (primary N) is 2. The molecule has 1 aromatic carbocycles. The maximum Gasteiger partial charge on any atom is 0.326 e. The van der Waals surface area contributed by atoms with Crippen LogP contribution in [0.2, 0.25) is 0 Å². The molecule has 1 aromatic rings. The van der Waals surface area contributed by atoms with Gasteiger partial charge in [-0.25, -0.2) is 4.79 Å². The Balaban J connectivity index is 3.17. The smallest absolute Gasteiger partial charge is 0.326 e. The van der Waals surface area contributed by atoms with Crippen LogP contribution in [0.4, 0.5) is 0 Å². The van der Waals surface area contributed by atoms with Gasteiger partial charge in [-0.3, -0.25) is 24.0 Å². The van der Waals surface area contributed by atoms with Crippen LogP contribution in [0.3, 0.4) is 0 Å². The van der Waals surface area contributed by atoms with Gasteiger partial charge in [0.15, 0.2) is 0 Å². The zero-order valence-electron chi connectivity index (χ0n) is 21.2. The number of amides is 4. The van der Waals surface area contributed by atoms with Crippen molar-refractivity contribution in [1.82, 2.24) is 16.0 Å². The number of phenols is 1. The number of hydrogen-bond donors (Lipinski definition) is 8. The van der Waals surface area contributed by atoms with Gasteiger partial charge in [0.1, 0.15) is 23.9 Å². The van der Waals surface area contributed by atoms with E-state index in [1.807, 2.05) is 0 Å². The highest BCUT2D eigenvalue weighted by atomic mass is 16.4. The van der Waals surface area contributed by atoms with Crippen LogP contribution in [0.5, 0.6) is 5.75 Å². The molecule has 0 aliphatic rings. The van der Waals surface area contributed by atoms with E-state index < -0.39 is 66.2 Å². The first kappa shape index (κ1) is 31.8. The standard InChI is InChI=1S/C24H35N5O9/c1-12(2)9-17(28-21(34)15(25)11-20(32)33)22(35)29-18(10-13-3-5-14(30)6-4-13)23(36)27-16(24(37)38)7-8-19(26)31/h3-6,12,15-18,30H,7-11,25H2,1-2H3,(H2,26,31)(H,27,36)(H,28,34)(H,29,35)(H,32,33)(H,37,38). The molecule has 0 aromatic heterocycles. The third-order valence-corrected chi connectivity index (χ3v) is 5.37. The van der Waals surface area contributed by atoms with Gasteiger partial charge in [0.25, 0.3) is 0 Å². The second kappa shape index (κ2) is 15.1. The predicted molar refractivity (Wildman–Crippen MR) is 133 cm³/mol. The summed E-state index contributed by atoms with van der Waals surface area (Å²) in [6.07, 6.45) is -1.22. The van der Waals surface area contributed by atoms with Gasteiger partial charge in [-0.15, -0.1) is 0 Å². The molecule has 0 saturated heterocycles. The molecule has 210 valence electrons. The first-order valence-corrected chi connectivity index (χ1v) is 11.9. The maximum absolute atomic E-state index is 13.2. The molecule has 0 saturated carbocycles. The highest BCUT2D eigenvalue weighted by Crippen LogP contribution is 2.13. The van der Waals surface area contributed by atoms with Crippen LogP contribution in [0, 0.1) is 5.92 Å². The summed E-state index contributed by atoms with van der Waals surface area (Å²) in [6, 6.07) is 0.366. The zero-order valence-corrected chi connectivity index (χ0v) is 21.2. The van der Waals surface area contributed by atoms with E-state index in [1.165, 1.54) is 24.3 Å². The normalized spacial score (nSPS) is 14.0. The fraction of sp³-hybridized carbons (Fsp3) is 0.500. The molecule has 0 fully saturated rings. The Morgan fingerprint density at radius 2 is 1.37 bits per heavy atom. The average Bonchev–Trinajstić information content (AvgIpc) is 2.80. The van der Waals surface area contributed by atoms with E-state index in [4.69, 9.17) is 16.6 Å². The van der Waals surface area contributed by atoms with Crippen LogP contribution in [0.15, 0.2) is 24.3 Å². The summed E-state index contributed by atoms with van der Waals surface area (Å²) in [7, 11) is 0. The molecule has 38 heavy (non-hydrogen) atoms. The summed E-state index contributed by atoms with van der Waals surface area (Å²) in [5.74, 6) is -6.12. The summed E-state index contributed by atoms with van der Waals surface area (Å²) in [5, 5.41) is 35.0. The lowest BCUT2D eigenvalue weighted by atomic mass is 10.00. The molecule has 0 radical (unpaired) electrons. The monoisotopic (exact) mass is 537 g/mol. The van der Waals surface area contributed by atoms with Crippen molar-refractivity contribution in [2.45, 2.75) is 70.1 Å². The van der Waals surface area contributed by atoms with Crippen molar-refractivity contribution < 1.29 is 44.1 Å². The predicted octanol–water partition coefficient (Wildman–Crippen LogP) is -1.41. The molecule has 10 N–H and O–H groups in total. The summed E-state index contributed by atoms with van der Waals surface area (Å²) in [6.45, 7) is 3.56. The van der Waals surface area contributed by atoms with E-state index in [1.54, 1.807) is 13.8 Å². The van der Waals surface area contributed by atoms with Gasteiger partial charge in [-0.2, -0.15) is 0 Å². The van der Waals surface area contributed by atoms with Crippen LogP contribution in [-0.4, -0.2) is 75.1 Å². The first-order chi connectivity index (χ1) is 17.7. The second-order valence-electron chi connectivity index (χ2n) is 9.23. The largest absolute Gasteiger partial charge is 0.508 e. The van der Waals surface area contributed by atoms with Crippen molar-refractivity contribution in [3.05, 3.63) is 29.8 Å². The van der Waals surface area contributed by atoms with Crippen LogP contribution < -0.4 is 27.4 Å². The Kier molecular flexibility index (Phi) is 12.7. The molecule has 4 unspecified atom stereocenters. The summed E-state index contributed by atoms with van der Waals surface area (Å²) in [5.41, 5.74) is 11.2.